The molecule has 7 heteroatoms. The maximum Gasteiger partial charge on any atom is 0.257 e. The van der Waals surface area contributed by atoms with Gasteiger partial charge in [0.1, 0.15) is 0 Å². The molecule has 0 aliphatic carbocycles. The molecule has 1 aliphatic heterocycles. The molecule has 1 aliphatic rings. The van der Waals surface area contributed by atoms with Crippen LogP contribution in [-0.2, 0) is 6.54 Å². The third-order valence-electron chi connectivity index (χ3n) is 5.19. The molecule has 0 bridgehead atoms. The number of anilines is 2. The molecule has 0 spiro atoms. The summed E-state index contributed by atoms with van der Waals surface area (Å²) in [5, 5.41) is 4.30. The Morgan fingerprint density at radius 1 is 0.967 bits per heavy atom. The topological polar surface area (TPSA) is 48.5 Å². The number of benzene rings is 2. The zero-order valence-electron chi connectivity index (χ0n) is 16.4. The zero-order valence-corrected chi connectivity index (χ0v) is 17.9. The van der Waals surface area contributed by atoms with Crippen LogP contribution in [-0.4, -0.2) is 42.0 Å². The van der Waals surface area contributed by atoms with Gasteiger partial charge in [-0.15, -0.1) is 0 Å². The molecule has 30 heavy (non-hydrogen) atoms. The zero-order chi connectivity index (χ0) is 20.9. The lowest BCUT2D eigenvalue weighted by Gasteiger charge is -2.36. The Balaban J connectivity index is 1.36. The summed E-state index contributed by atoms with van der Waals surface area (Å²) < 4.78 is 0. The number of pyridine rings is 1. The molecule has 154 valence electrons. The predicted molar refractivity (Wildman–Crippen MR) is 123 cm³/mol. The van der Waals surface area contributed by atoms with E-state index < -0.39 is 0 Å². The number of amides is 1. The van der Waals surface area contributed by atoms with Gasteiger partial charge in [0.05, 0.1) is 16.3 Å². The van der Waals surface area contributed by atoms with E-state index in [1.165, 1.54) is 6.20 Å². The quantitative estimate of drug-likeness (QED) is 0.608. The minimum absolute atomic E-state index is 0.208. The first-order valence-electron chi connectivity index (χ1n) is 9.82. The van der Waals surface area contributed by atoms with Crippen LogP contribution in [0, 0.1) is 0 Å². The molecule has 5 nitrogen and oxygen atoms in total. The van der Waals surface area contributed by atoms with Crippen LogP contribution < -0.4 is 10.2 Å². The Hall–Kier alpha value is -2.60. The molecule has 0 radical (unpaired) electrons. The third-order valence-corrected chi connectivity index (χ3v) is 5.87. The molecule has 1 fully saturated rings. The molecule has 1 N–H and O–H groups in total. The lowest BCUT2D eigenvalue weighted by atomic mass is 10.2. The molecular formula is C23H22Cl2N4O. The minimum atomic E-state index is -0.208. The van der Waals surface area contributed by atoms with Crippen LogP contribution >= 0.6 is 23.2 Å². The number of hydrogen-bond acceptors (Lipinski definition) is 4. The number of carbonyl (C=O) groups is 1. The van der Waals surface area contributed by atoms with Gasteiger partial charge in [-0.25, -0.2) is 0 Å². The van der Waals surface area contributed by atoms with Gasteiger partial charge in [-0.2, -0.15) is 0 Å². The first-order valence-corrected chi connectivity index (χ1v) is 10.6. The Morgan fingerprint density at radius 2 is 1.77 bits per heavy atom. The molecule has 2 aromatic carbocycles. The van der Waals surface area contributed by atoms with Gasteiger partial charge in [0.15, 0.2) is 0 Å². The largest absolute Gasteiger partial charge is 0.368 e. The number of nitrogens with one attached hydrogen (secondary N) is 1. The van der Waals surface area contributed by atoms with Crippen LogP contribution in [0.5, 0.6) is 0 Å². The molecule has 0 unspecified atom stereocenters. The highest BCUT2D eigenvalue weighted by molar-refractivity contribution is 6.33. The van der Waals surface area contributed by atoms with Crippen molar-refractivity contribution in [2.45, 2.75) is 6.54 Å². The van der Waals surface area contributed by atoms with E-state index in [-0.39, 0.29) is 5.91 Å². The summed E-state index contributed by atoms with van der Waals surface area (Å²) in [7, 11) is 0. The third kappa shape index (κ3) is 4.93. The van der Waals surface area contributed by atoms with E-state index in [4.69, 9.17) is 23.2 Å². The van der Waals surface area contributed by atoms with Crippen molar-refractivity contribution in [3.05, 3.63) is 88.2 Å². The van der Waals surface area contributed by atoms with Gasteiger partial charge in [0, 0.05) is 55.8 Å². The van der Waals surface area contributed by atoms with E-state index in [0.29, 0.717) is 16.3 Å². The normalized spacial score (nSPS) is 14.5. The Morgan fingerprint density at radius 3 is 2.47 bits per heavy atom. The molecule has 1 saturated heterocycles. The van der Waals surface area contributed by atoms with Crippen molar-refractivity contribution in [1.82, 2.24) is 9.88 Å². The van der Waals surface area contributed by atoms with Crippen molar-refractivity contribution in [3.63, 3.8) is 0 Å². The fourth-order valence-corrected chi connectivity index (χ4v) is 4.05. The first-order chi connectivity index (χ1) is 14.6. The van der Waals surface area contributed by atoms with Crippen molar-refractivity contribution in [1.29, 1.82) is 0 Å². The molecule has 1 amide bonds. The van der Waals surface area contributed by atoms with Crippen LogP contribution in [0.3, 0.4) is 0 Å². The smallest absolute Gasteiger partial charge is 0.257 e. The summed E-state index contributed by atoms with van der Waals surface area (Å²) in [5.74, 6) is -0.208. The Kier molecular flexibility index (Phi) is 6.53. The van der Waals surface area contributed by atoms with E-state index in [9.17, 15) is 4.79 Å². The summed E-state index contributed by atoms with van der Waals surface area (Å²) in [4.78, 5) is 20.9. The van der Waals surface area contributed by atoms with Crippen LogP contribution in [0.1, 0.15) is 15.9 Å². The molecule has 4 rings (SSSR count). The first kappa shape index (κ1) is 20.7. The van der Waals surface area contributed by atoms with Gasteiger partial charge < -0.3 is 10.2 Å². The second-order valence-corrected chi connectivity index (χ2v) is 8.03. The number of aromatic nitrogens is 1. The number of carbonyl (C=O) groups excluding carboxylic acids is 1. The number of rotatable bonds is 5. The van der Waals surface area contributed by atoms with Gasteiger partial charge in [0.25, 0.3) is 5.91 Å². The van der Waals surface area contributed by atoms with E-state index in [1.54, 1.807) is 24.4 Å². The average molecular weight is 441 g/mol. The highest BCUT2D eigenvalue weighted by atomic mass is 35.5. The summed E-state index contributed by atoms with van der Waals surface area (Å²) in [6.45, 7) is 4.47. The predicted octanol–water partition coefficient (Wildman–Crippen LogP) is 4.96. The second-order valence-electron chi connectivity index (χ2n) is 7.22. The van der Waals surface area contributed by atoms with E-state index in [0.717, 1.165) is 49.0 Å². The Bertz CT molecular complexity index is 1020. The van der Waals surface area contributed by atoms with Crippen LogP contribution in [0.4, 0.5) is 11.4 Å². The summed E-state index contributed by atoms with van der Waals surface area (Å²) in [6, 6.07) is 17.1. The minimum Gasteiger partial charge on any atom is -0.368 e. The highest BCUT2D eigenvalue weighted by Gasteiger charge is 2.20. The molecule has 0 atom stereocenters. The maximum atomic E-state index is 12.3. The number of halogens is 2. The fraction of sp³-hybridized carbons (Fsp3) is 0.217. The van der Waals surface area contributed by atoms with Crippen LogP contribution in [0.2, 0.25) is 10.0 Å². The fourth-order valence-electron chi connectivity index (χ4n) is 3.56. The van der Waals surface area contributed by atoms with Crippen LogP contribution in [0.25, 0.3) is 0 Å². The molecule has 0 saturated carbocycles. The van der Waals surface area contributed by atoms with Crippen molar-refractivity contribution >= 4 is 40.5 Å². The van der Waals surface area contributed by atoms with Crippen molar-refractivity contribution in [3.8, 4) is 0 Å². The van der Waals surface area contributed by atoms with Gasteiger partial charge in [0.2, 0.25) is 0 Å². The van der Waals surface area contributed by atoms with Gasteiger partial charge in [-0.05, 0) is 42.0 Å². The van der Waals surface area contributed by atoms with Gasteiger partial charge in [-0.1, -0.05) is 41.4 Å². The van der Waals surface area contributed by atoms with E-state index >= 15 is 0 Å². The van der Waals surface area contributed by atoms with E-state index in [1.807, 2.05) is 30.3 Å². The average Bonchev–Trinajstić information content (AvgIpc) is 2.77. The van der Waals surface area contributed by atoms with Crippen LogP contribution in [0.15, 0.2) is 67.0 Å². The molecule has 1 aromatic heterocycles. The standard InChI is InChI=1S/C23H22Cl2N4O/c24-20-6-2-1-4-18(20)16-28-10-12-29(13-11-28)22-8-7-19(14-21(22)25)27-23(30)17-5-3-9-26-15-17/h1-9,14-15H,10-13,16H2,(H,27,30). The molecular weight excluding hydrogens is 419 g/mol. The van der Waals surface area contributed by atoms with Crippen molar-refractivity contribution in [2.24, 2.45) is 0 Å². The van der Waals surface area contributed by atoms with Crippen molar-refractivity contribution < 1.29 is 4.79 Å². The van der Waals surface area contributed by atoms with Gasteiger partial charge in [-0.3, -0.25) is 14.7 Å². The lowest BCUT2D eigenvalue weighted by Crippen LogP contribution is -2.46. The monoisotopic (exact) mass is 440 g/mol. The molecule has 3 aromatic rings. The summed E-state index contributed by atoms with van der Waals surface area (Å²) >= 11 is 12.8. The maximum absolute atomic E-state index is 12.3. The van der Waals surface area contributed by atoms with E-state index in [2.05, 4.69) is 26.2 Å². The Labute approximate surface area is 186 Å². The summed E-state index contributed by atoms with van der Waals surface area (Å²) in [6.07, 6.45) is 3.17. The second kappa shape index (κ2) is 9.47. The lowest BCUT2D eigenvalue weighted by molar-refractivity contribution is 0.102. The van der Waals surface area contributed by atoms with Gasteiger partial charge >= 0.3 is 0 Å². The highest BCUT2D eigenvalue weighted by Crippen LogP contribution is 2.30. The summed E-state index contributed by atoms with van der Waals surface area (Å²) in [5.41, 5.74) is 3.30. The number of hydrogen-bond donors (Lipinski definition) is 1. The van der Waals surface area contributed by atoms with Crippen molar-refractivity contribution in [2.75, 3.05) is 36.4 Å². The number of nitrogens with zero attached hydrogens (tertiary/aromatic N) is 3. The molecule has 2 heterocycles. The number of piperazine rings is 1. The SMILES string of the molecule is O=C(Nc1ccc(N2CCN(Cc3ccccc3Cl)CC2)c(Cl)c1)c1cccnc1.